The lowest BCUT2D eigenvalue weighted by molar-refractivity contribution is 0.226. The van der Waals surface area contributed by atoms with Crippen LogP contribution < -0.4 is 11.1 Å². The molecule has 0 amide bonds. The van der Waals surface area contributed by atoms with Crippen molar-refractivity contribution in [3.05, 3.63) is 0 Å². The minimum absolute atomic E-state index is 0.249. The maximum atomic E-state index is 6.08. The Morgan fingerprint density at radius 2 is 2.25 bits per heavy atom. The molecule has 1 aliphatic carbocycles. The van der Waals surface area contributed by atoms with E-state index in [-0.39, 0.29) is 5.54 Å². The number of fused-ring (bicyclic) bond motifs is 1. The van der Waals surface area contributed by atoms with Crippen molar-refractivity contribution in [2.24, 2.45) is 17.6 Å². The van der Waals surface area contributed by atoms with E-state index in [1.807, 2.05) is 0 Å². The third-order valence-electron chi connectivity index (χ3n) is 5.20. The maximum Gasteiger partial charge on any atom is 0.0473 e. The van der Waals surface area contributed by atoms with Crippen molar-refractivity contribution in [3.63, 3.8) is 0 Å². The van der Waals surface area contributed by atoms with Gasteiger partial charge in [0.15, 0.2) is 0 Å². The van der Waals surface area contributed by atoms with E-state index in [4.69, 9.17) is 5.73 Å². The lowest BCUT2D eigenvalue weighted by Gasteiger charge is -2.35. The van der Waals surface area contributed by atoms with E-state index in [0.717, 1.165) is 24.4 Å². The van der Waals surface area contributed by atoms with Crippen molar-refractivity contribution < 1.29 is 0 Å². The molecule has 0 bridgehead atoms. The highest BCUT2D eigenvalue weighted by Gasteiger charge is 2.48. The third kappa shape index (κ3) is 1.69. The van der Waals surface area contributed by atoms with Gasteiger partial charge in [0.25, 0.3) is 0 Å². The second-order valence-corrected chi connectivity index (χ2v) is 6.16. The van der Waals surface area contributed by atoms with E-state index in [1.165, 1.54) is 45.3 Å². The van der Waals surface area contributed by atoms with E-state index < -0.39 is 0 Å². The Bertz CT molecular complexity index is 268. The first-order valence-electron chi connectivity index (χ1n) is 6.94. The number of hydrogen-bond acceptors (Lipinski definition) is 3. The van der Waals surface area contributed by atoms with Gasteiger partial charge in [-0.05, 0) is 50.6 Å². The molecule has 2 aliphatic heterocycles. The van der Waals surface area contributed by atoms with Gasteiger partial charge in [-0.25, -0.2) is 0 Å². The fourth-order valence-corrected chi connectivity index (χ4v) is 3.76. The Morgan fingerprint density at radius 3 is 2.94 bits per heavy atom. The molecule has 3 N–H and O–H groups in total. The molecule has 16 heavy (non-hydrogen) atoms. The number of rotatable bonds is 4. The van der Waals surface area contributed by atoms with Crippen LogP contribution in [0.15, 0.2) is 0 Å². The van der Waals surface area contributed by atoms with Crippen LogP contribution in [0, 0.1) is 11.8 Å². The lowest BCUT2D eigenvalue weighted by atomic mass is 9.88. The van der Waals surface area contributed by atoms with Gasteiger partial charge in [0.1, 0.15) is 0 Å². The van der Waals surface area contributed by atoms with Gasteiger partial charge in [0.05, 0.1) is 0 Å². The van der Waals surface area contributed by atoms with Crippen LogP contribution in [0.5, 0.6) is 0 Å². The van der Waals surface area contributed by atoms with Crippen molar-refractivity contribution in [3.8, 4) is 0 Å². The highest BCUT2D eigenvalue weighted by atomic mass is 15.3. The zero-order valence-electron chi connectivity index (χ0n) is 10.4. The molecule has 2 saturated heterocycles. The van der Waals surface area contributed by atoms with E-state index in [0.29, 0.717) is 0 Å². The quantitative estimate of drug-likeness (QED) is 0.740. The fourth-order valence-electron chi connectivity index (χ4n) is 3.76. The summed E-state index contributed by atoms with van der Waals surface area (Å²) in [5, 5.41) is 3.84. The van der Waals surface area contributed by atoms with Gasteiger partial charge in [0.2, 0.25) is 0 Å². The first-order chi connectivity index (χ1) is 7.75. The lowest BCUT2D eigenvalue weighted by Crippen LogP contribution is -2.58. The van der Waals surface area contributed by atoms with E-state index >= 15 is 0 Å². The minimum Gasteiger partial charge on any atom is -0.329 e. The average Bonchev–Trinajstić information content (AvgIpc) is 2.72. The van der Waals surface area contributed by atoms with E-state index in [9.17, 15) is 0 Å². The number of nitrogens with two attached hydrogens (primary N) is 1. The second kappa shape index (κ2) is 3.97. The number of hydrogen-bond donors (Lipinski definition) is 2. The van der Waals surface area contributed by atoms with Crippen LogP contribution in [-0.2, 0) is 0 Å². The Hall–Kier alpha value is -0.120. The molecule has 1 saturated carbocycles. The van der Waals surface area contributed by atoms with Crippen molar-refractivity contribution in [1.82, 2.24) is 10.2 Å². The summed E-state index contributed by atoms with van der Waals surface area (Å²) in [5.41, 5.74) is 6.33. The molecule has 0 spiro atoms. The Labute approximate surface area is 98.8 Å². The molecule has 3 nitrogen and oxygen atoms in total. The first-order valence-corrected chi connectivity index (χ1v) is 6.94. The minimum atomic E-state index is 0.249. The molecule has 3 rings (SSSR count). The van der Waals surface area contributed by atoms with Gasteiger partial charge < -0.3 is 11.1 Å². The molecule has 92 valence electrons. The zero-order chi connectivity index (χ0) is 11.2. The normalized spacial score (nSPS) is 47.2. The van der Waals surface area contributed by atoms with Crippen LogP contribution in [0.4, 0.5) is 0 Å². The molecular weight excluding hydrogens is 198 g/mol. The Balaban J connectivity index is 1.63. The summed E-state index contributed by atoms with van der Waals surface area (Å²) in [6.45, 7) is 6.93. The monoisotopic (exact) mass is 223 g/mol. The molecule has 0 aromatic heterocycles. The molecule has 3 heteroatoms. The van der Waals surface area contributed by atoms with Crippen LogP contribution in [0.3, 0.4) is 0 Å². The van der Waals surface area contributed by atoms with Crippen molar-refractivity contribution >= 4 is 0 Å². The average molecular weight is 223 g/mol. The highest BCUT2D eigenvalue weighted by molar-refractivity contribution is 5.09. The van der Waals surface area contributed by atoms with Gasteiger partial charge in [-0.1, -0.05) is 6.92 Å². The molecular formula is C13H25N3. The summed E-state index contributed by atoms with van der Waals surface area (Å²) in [4.78, 5) is 2.65. The van der Waals surface area contributed by atoms with Crippen LogP contribution in [0.2, 0.25) is 0 Å². The van der Waals surface area contributed by atoms with Crippen LogP contribution >= 0.6 is 0 Å². The predicted molar refractivity (Wildman–Crippen MR) is 66.3 cm³/mol. The van der Waals surface area contributed by atoms with Crippen molar-refractivity contribution in [2.75, 3.05) is 26.2 Å². The van der Waals surface area contributed by atoms with Crippen LogP contribution in [0.1, 0.15) is 32.6 Å². The summed E-state index contributed by atoms with van der Waals surface area (Å²) < 4.78 is 0. The Kier molecular flexibility index (Phi) is 2.73. The fraction of sp³-hybridized carbons (Fsp3) is 1.00. The van der Waals surface area contributed by atoms with E-state index in [1.54, 1.807) is 0 Å². The highest BCUT2D eigenvalue weighted by Crippen LogP contribution is 2.39. The molecule has 4 unspecified atom stereocenters. The molecule has 4 atom stereocenters. The molecule has 2 heterocycles. The second-order valence-electron chi connectivity index (χ2n) is 6.16. The number of nitrogens with one attached hydrogen (secondary N) is 1. The SMILES string of the molecule is CC1CC1CNC1(CN)CCN2CCCC21. The molecule has 3 aliphatic rings. The summed E-state index contributed by atoms with van der Waals surface area (Å²) >= 11 is 0. The van der Waals surface area contributed by atoms with E-state index in [2.05, 4.69) is 17.1 Å². The summed E-state index contributed by atoms with van der Waals surface area (Å²) in [7, 11) is 0. The summed E-state index contributed by atoms with van der Waals surface area (Å²) in [5.74, 6) is 1.88. The standard InChI is InChI=1S/C13H25N3/c1-10-7-11(10)8-15-13(9-14)4-6-16-5-2-3-12(13)16/h10-12,15H,2-9,14H2,1H3. The zero-order valence-corrected chi connectivity index (χ0v) is 10.4. The molecule has 0 aromatic carbocycles. The van der Waals surface area contributed by atoms with Crippen LogP contribution in [-0.4, -0.2) is 42.7 Å². The largest absolute Gasteiger partial charge is 0.329 e. The smallest absolute Gasteiger partial charge is 0.0473 e. The molecule has 0 aromatic rings. The predicted octanol–water partition coefficient (Wildman–Crippen LogP) is 0.798. The van der Waals surface area contributed by atoms with Gasteiger partial charge in [-0.15, -0.1) is 0 Å². The Morgan fingerprint density at radius 1 is 1.44 bits per heavy atom. The summed E-state index contributed by atoms with van der Waals surface area (Å²) in [6, 6.07) is 0.728. The first kappa shape index (κ1) is 11.0. The molecule has 0 radical (unpaired) electrons. The van der Waals surface area contributed by atoms with Gasteiger partial charge >= 0.3 is 0 Å². The summed E-state index contributed by atoms with van der Waals surface area (Å²) in [6.07, 6.45) is 5.40. The topological polar surface area (TPSA) is 41.3 Å². The van der Waals surface area contributed by atoms with Gasteiger partial charge in [-0.2, -0.15) is 0 Å². The molecule has 3 fully saturated rings. The van der Waals surface area contributed by atoms with Gasteiger partial charge in [0, 0.05) is 24.7 Å². The maximum absolute atomic E-state index is 6.08. The third-order valence-corrected chi connectivity index (χ3v) is 5.20. The van der Waals surface area contributed by atoms with Crippen molar-refractivity contribution in [1.29, 1.82) is 0 Å². The van der Waals surface area contributed by atoms with Crippen LogP contribution in [0.25, 0.3) is 0 Å². The van der Waals surface area contributed by atoms with Gasteiger partial charge in [-0.3, -0.25) is 4.90 Å². The van der Waals surface area contributed by atoms with Crippen molar-refractivity contribution in [2.45, 2.75) is 44.2 Å². The number of nitrogens with zero attached hydrogens (tertiary/aromatic N) is 1.